The summed E-state index contributed by atoms with van der Waals surface area (Å²) in [5, 5.41) is 9.19. The fourth-order valence-electron chi connectivity index (χ4n) is 4.58. The van der Waals surface area contributed by atoms with Gasteiger partial charge in [0.25, 0.3) is 0 Å². The number of unbranched alkanes of at least 4 members (excludes halogenated alkanes) is 12. The van der Waals surface area contributed by atoms with Crippen LogP contribution in [-0.2, 0) is 14.3 Å². The second-order valence-corrected chi connectivity index (χ2v) is 11.0. The largest absolute Gasteiger partial charge is 0.481 e. The van der Waals surface area contributed by atoms with Gasteiger partial charge < -0.3 is 9.84 Å². The van der Waals surface area contributed by atoms with Gasteiger partial charge in [-0.05, 0) is 64.2 Å². The molecule has 0 aliphatic heterocycles. The van der Waals surface area contributed by atoms with Crippen LogP contribution < -0.4 is 0 Å². The molecule has 0 rings (SSSR count). The highest BCUT2D eigenvalue weighted by Gasteiger charge is 2.17. The number of aliphatic carboxylic acids is 1. The first kappa shape index (κ1) is 38.6. The number of rotatable bonds is 29. The molecule has 1 atom stereocenters. The van der Waals surface area contributed by atoms with E-state index in [1.54, 1.807) is 0 Å². The van der Waals surface area contributed by atoms with Crippen LogP contribution in [0.25, 0.3) is 0 Å². The molecule has 0 radical (unpaired) electrons. The molecule has 1 unspecified atom stereocenters. The van der Waals surface area contributed by atoms with Gasteiger partial charge in [0.15, 0.2) is 0 Å². The highest BCUT2D eigenvalue weighted by molar-refractivity contribution is 5.71. The summed E-state index contributed by atoms with van der Waals surface area (Å²) in [6.45, 7) is 4.39. The SMILES string of the molecule is CC/C=C\C/C=C\C/C=C\C/C=C\C/C=C\CCCCCC(=O)OC(CCCCCCCCCCCC)CC(=O)O. The minimum Gasteiger partial charge on any atom is -0.481 e. The van der Waals surface area contributed by atoms with Gasteiger partial charge in [-0.1, -0.05) is 139 Å². The van der Waals surface area contributed by atoms with Crippen molar-refractivity contribution in [3.63, 3.8) is 0 Å². The number of carboxylic acids is 1. The van der Waals surface area contributed by atoms with E-state index in [2.05, 4.69) is 74.6 Å². The Morgan fingerprint density at radius 1 is 0.585 bits per heavy atom. The van der Waals surface area contributed by atoms with E-state index >= 15 is 0 Å². The van der Waals surface area contributed by atoms with Gasteiger partial charge in [0, 0.05) is 6.42 Å². The number of allylic oxidation sites excluding steroid dienone is 10. The van der Waals surface area contributed by atoms with Gasteiger partial charge in [0.05, 0.1) is 6.42 Å². The number of hydrogen-bond donors (Lipinski definition) is 1. The van der Waals surface area contributed by atoms with Crippen LogP contribution >= 0.6 is 0 Å². The molecule has 234 valence electrons. The first-order chi connectivity index (χ1) is 20.1. The molecule has 0 spiro atoms. The van der Waals surface area contributed by atoms with Gasteiger partial charge in [0.2, 0.25) is 0 Å². The minimum atomic E-state index is -0.896. The van der Waals surface area contributed by atoms with Gasteiger partial charge >= 0.3 is 11.9 Å². The predicted octanol–water partition coefficient (Wildman–Crippen LogP) is 11.4. The van der Waals surface area contributed by atoms with Crippen molar-refractivity contribution in [2.24, 2.45) is 0 Å². The molecule has 41 heavy (non-hydrogen) atoms. The maximum absolute atomic E-state index is 12.3. The topological polar surface area (TPSA) is 63.6 Å². The molecule has 0 aromatic carbocycles. The standard InChI is InChI=1S/C37H62O4/c1-3-5-7-9-11-13-15-16-17-18-19-20-21-22-23-25-27-29-31-33-37(40)41-35(34-36(38)39)32-30-28-26-24-14-12-10-8-6-4-2/h5,7,11,13,16-17,19-20,22-23,35H,3-4,6,8-10,12,14-15,18,21,24-34H2,1-2H3,(H,38,39)/b7-5-,13-11-,17-16-,20-19-,23-22-. The van der Waals surface area contributed by atoms with Crippen LogP contribution in [0.1, 0.15) is 155 Å². The van der Waals surface area contributed by atoms with Crippen molar-refractivity contribution in [2.45, 2.75) is 161 Å². The molecule has 0 heterocycles. The summed E-state index contributed by atoms with van der Waals surface area (Å²) in [5.41, 5.74) is 0. The lowest BCUT2D eigenvalue weighted by Crippen LogP contribution is -2.21. The molecule has 4 heteroatoms. The van der Waals surface area contributed by atoms with Crippen molar-refractivity contribution in [2.75, 3.05) is 0 Å². The summed E-state index contributed by atoms with van der Waals surface area (Å²) in [6, 6.07) is 0. The van der Waals surface area contributed by atoms with E-state index < -0.39 is 12.1 Å². The molecule has 4 nitrogen and oxygen atoms in total. The molecule has 0 aliphatic carbocycles. The van der Waals surface area contributed by atoms with Gasteiger partial charge in [-0.15, -0.1) is 0 Å². The normalized spacial score (nSPS) is 13.0. The van der Waals surface area contributed by atoms with Crippen LogP contribution in [0.2, 0.25) is 0 Å². The van der Waals surface area contributed by atoms with E-state index in [-0.39, 0.29) is 12.4 Å². The number of hydrogen-bond acceptors (Lipinski definition) is 3. The highest BCUT2D eigenvalue weighted by Crippen LogP contribution is 2.16. The maximum Gasteiger partial charge on any atom is 0.307 e. The third-order valence-corrected chi connectivity index (χ3v) is 6.99. The minimum absolute atomic E-state index is 0.0900. The molecule has 0 aliphatic rings. The Hall–Kier alpha value is -2.36. The molecule has 0 aromatic rings. The zero-order chi connectivity index (χ0) is 30.1. The Balaban J connectivity index is 3.80. The Labute approximate surface area is 253 Å². The van der Waals surface area contributed by atoms with Crippen molar-refractivity contribution < 1.29 is 19.4 Å². The number of carbonyl (C=O) groups is 2. The van der Waals surface area contributed by atoms with Crippen LogP contribution in [0.4, 0.5) is 0 Å². The second-order valence-electron chi connectivity index (χ2n) is 11.0. The molecule has 0 saturated heterocycles. The second kappa shape index (κ2) is 32.2. The molecule has 0 aromatic heterocycles. The van der Waals surface area contributed by atoms with Crippen molar-refractivity contribution in [1.29, 1.82) is 0 Å². The lowest BCUT2D eigenvalue weighted by Gasteiger charge is -2.16. The monoisotopic (exact) mass is 570 g/mol. The van der Waals surface area contributed by atoms with Crippen LogP contribution in [0, 0.1) is 0 Å². The molecular weight excluding hydrogens is 508 g/mol. The number of esters is 1. The molecule has 0 amide bonds. The summed E-state index contributed by atoms with van der Waals surface area (Å²) in [6.07, 6.45) is 43.7. The Morgan fingerprint density at radius 3 is 1.56 bits per heavy atom. The Kier molecular flexibility index (Phi) is 30.3. The van der Waals surface area contributed by atoms with E-state index in [0.29, 0.717) is 12.8 Å². The average molecular weight is 571 g/mol. The summed E-state index contributed by atoms with van der Waals surface area (Å²) >= 11 is 0. The lowest BCUT2D eigenvalue weighted by molar-refractivity contribution is -0.153. The van der Waals surface area contributed by atoms with E-state index in [1.807, 2.05) is 0 Å². The fraction of sp³-hybridized carbons (Fsp3) is 0.676. The van der Waals surface area contributed by atoms with E-state index in [4.69, 9.17) is 4.74 Å². The van der Waals surface area contributed by atoms with Gasteiger partial charge in [0.1, 0.15) is 6.10 Å². The van der Waals surface area contributed by atoms with E-state index in [0.717, 1.165) is 70.6 Å². The molecular formula is C37H62O4. The van der Waals surface area contributed by atoms with Crippen molar-refractivity contribution in [3.05, 3.63) is 60.8 Å². The summed E-state index contributed by atoms with van der Waals surface area (Å²) in [4.78, 5) is 23.5. The molecule has 1 N–H and O–H groups in total. The lowest BCUT2D eigenvalue weighted by atomic mass is 10.0. The van der Waals surface area contributed by atoms with Crippen molar-refractivity contribution in [3.8, 4) is 0 Å². The molecule has 0 fully saturated rings. The zero-order valence-corrected chi connectivity index (χ0v) is 26.6. The maximum atomic E-state index is 12.3. The Bertz CT molecular complexity index is 744. The third-order valence-electron chi connectivity index (χ3n) is 6.99. The fourth-order valence-corrected chi connectivity index (χ4v) is 4.58. The van der Waals surface area contributed by atoms with Crippen LogP contribution in [-0.4, -0.2) is 23.1 Å². The smallest absolute Gasteiger partial charge is 0.307 e. The summed E-state index contributed by atoms with van der Waals surface area (Å²) in [7, 11) is 0. The molecule has 0 bridgehead atoms. The third kappa shape index (κ3) is 32.0. The number of carbonyl (C=O) groups excluding carboxylic acids is 1. The van der Waals surface area contributed by atoms with Gasteiger partial charge in [-0.3, -0.25) is 9.59 Å². The van der Waals surface area contributed by atoms with Crippen molar-refractivity contribution >= 4 is 11.9 Å². The van der Waals surface area contributed by atoms with Crippen molar-refractivity contribution in [1.82, 2.24) is 0 Å². The highest BCUT2D eigenvalue weighted by atomic mass is 16.5. The van der Waals surface area contributed by atoms with E-state index in [9.17, 15) is 14.7 Å². The van der Waals surface area contributed by atoms with Crippen LogP contribution in [0.5, 0.6) is 0 Å². The summed E-state index contributed by atoms with van der Waals surface area (Å²) in [5.74, 6) is -1.15. The van der Waals surface area contributed by atoms with Gasteiger partial charge in [-0.2, -0.15) is 0 Å². The molecule has 0 saturated carbocycles. The quantitative estimate of drug-likeness (QED) is 0.0552. The van der Waals surface area contributed by atoms with Crippen LogP contribution in [0.15, 0.2) is 60.8 Å². The predicted molar refractivity (Wildman–Crippen MR) is 176 cm³/mol. The first-order valence-electron chi connectivity index (χ1n) is 16.8. The number of carboxylic acid groups (broad SMARTS) is 1. The summed E-state index contributed by atoms with van der Waals surface area (Å²) < 4.78 is 5.53. The zero-order valence-electron chi connectivity index (χ0n) is 26.6. The first-order valence-corrected chi connectivity index (χ1v) is 16.8. The number of ether oxygens (including phenoxy) is 1. The van der Waals surface area contributed by atoms with Gasteiger partial charge in [-0.25, -0.2) is 0 Å². The van der Waals surface area contributed by atoms with E-state index in [1.165, 1.54) is 51.4 Å². The van der Waals surface area contributed by atoms with Crippen LogP contribution in [0.3, 0.4) is 0 Å². The Morgan fingerprint density at radius 2 is 1.05 bits per heavy atom. The average Bonchev–Trinajstić information content (AvgIpc) is 2.95.